The molecule has 2 aromatic heterocycles. The Labute approximate surface area is 225 Å². The molecule has 3 aromatic rings. The minimum absolute atomic E-state index is 0.138. The number of amides is 1. The molecule has 0 spiro atoms. The van der Waals surface area contributed by atoms with Gasteiger partial charge in [-0.2, -0.15) is 0 Å². The molecule has 0 aliphatic heterocycles. The van der Waals surface area contributed by atoms with Crippen LogP contribution in [0.1, 0.15) is 58.9 Å². The molecule has 1 aliphatic rings. The van der Waals surface area contributed by atoms with E-state index in [1.807, 2.05) is 42.7 Å². The number of nitrogens with one attached hydrogen (secondary N) is 1. The number of anilines is 1. The van der Waals surface area contributed by atoms with Crippen LogP contribution in [-0.4, -0.2) is 45.6 Å². The molecule has 0 saturated carbocycles. The molecule has 0 fully saturated rings. The van der Waals surface area contributed by atoms with Crippen LogP contribution in [0, 0.1) is 0 Å². The number of benzene rings is 1. The van der Waals surface area contributed by atoms with Crippen LogP contribution in [-0.2, 0) is 35.3 Å². The lowest BCUT2D eigenvalue weighted by Crippen LogP contribution is -2.19. The number of allylic oxidation sites excluding steroid dienone is 1. The first-order valence-electron chi connectivity index (χ1n) is 12.3. The summed E-state index contributed by atoms with van der Waals surface area (Å²) in [5, 5.41) is 12.9. The first kappa shape index (κ1) is 26.9. The lowest BCUT2D eigenvalue weighted by Gasteiger charge is -2.14. The first-order chi connectivity index (χ1) is 17.9. The topological polar surface area (TPSA) is 95.3 Å². The Morgan fingerprint density at radius 2 is 1.97 bits per heavy atom. The number of nitrogens with zero attached hydrogens (tertiary/aromatic N) is 3. The average molecular weight is 541 g/mol. The van der Waals surface area contributed by atoms with Crippen LogP contribution < -0.4 is 10.1 Å². The molecule has 0 radical (unpaired) electrons. The number of hydrogen-bond acceptors (Lipinski definition) is 8. The molecule has 0 saturated heterocycles. The molecule has 10 heteroatoms. The molecule has 8 nitrogen and oxygen atoms in total. The lowest BCUT2D eigenvalue weighted by molar-refractivity contribution is -0.113. The van der Waals surface area contributed by atoms with Gasteiger partial charge >= 0.3 is 5.97 Å². The second kappa shape index (κ2) is 12.4. The summed E-state index contributed by atoms with van der Waals surface area (Å²) >= 11 is 2.80. The fourth-order valence-corrected chi connectivity index (χ4v) is 6.29. The van der Waals surface area contributed by atoms with Crippen molar-refractivity contribution in [2.24, 2.45) is 0 Å². The van der Waals surface area contributed by atoms with E-state index in [1.165, 1.54) is 28.0 Å². The number of aromatic nitrogens is 3. The molecule has 1 N–H and O–H groups in total. The molecule has 0 atom stereocenters. The van der Waals surface area contributed by atoms with Crippen LogP contribution in [0.2, 0.25) is 0 Å². The van der Waals surface area contributed by atoms with E-state index in [9.17, 15) is 9.59 Å². The number of thioether (sulfide) groups is 1. The van der Waals surface area contributed by atoms with Crippen LogP contribution in [0.25, 0.3) is 0 Å². The summed E-state index contributed by atoms with van der Waals surface area (Å²) < 4.78 is 12.7. The molecule has 0 bridgehead atoms. The standard InChI is InChI=1S/C27H32N4O4S2/c1-5-14-31-22(15-18-10-12-19(34-4)13-11-18)29-30-27(31)36-16-23(32)28-25-24(26(33)35-17(2)3)20-8-6-7-9-21(20)37-25/h5,10-13,17H,1,6-9,14-16H2,2-4H3,(H,28,32). The number of fused-ring (bicyclic) bond motifs is 1. The number of rotatable bonds is 11. The van der Waals surface area contributed by atoms with Gasteiger partial charge in [0, 0.05) is 17.8 Å². The molecule has 196 valence electrons. The Bertz CT molecular complexity index is 1260. The van der Waals surface area contributed by atoms with Crippen LogP contribution in [0.4, 0.5) is 5.00 Å². The molecule has 37 heavy (non-hydrogen) atoms. The molecule has 1 amide bonds. The van der Waals surface area contributed by atoms with Gasteiger partial charge < -0.3 is 19.4 Å². The van der Waals surface area contributed by atoms with Crippen molar-refractivity contribution in [2.75, 3.05) is 18.2 Å². The van der Waals surface area contributed by atoms with Gasteiger partial charge in [-0.25, -0.2) is 4.79 Å². The first-order valence-corrected chi connectivity index (χ1v) is 14.1. The van der Waals surface area contributed by atoms with Gasteiger partial charge in [0.1, 0.15) is 16.6 Å². The fraction of sp³-hybridized carbons (Fsp3) is 0.407. The van der Waals surface area contributed by atoms with Gasteiger partial charge in [0.25, 0.3) is 0 Å². The van der Waals surface area contributed by atoms with E-state index in [0.29, 0.717) is 28.7 Å². The number of carbonyl (C=O) groups excluding carboxylic acids is 2. The Balaban J connectivity index is 1.45. The Kier molecular flexibility index (Phi) is 9.04. The third-order valence-electron chi connectivity index (χ3n) is 5.93. The highest BCUT2D eigenvalue weighted by Crippen LogP contribution is 2.39. The van der Waals surface area contributed by atoms with E-state index < -0.39 is 0 Å². The van der Waals surface area contributed by atoms with Crippen LogP contribution in [0.15, 0.2) is 42.1 Å². The summed E-state index contributed by atoms with van der Waals surface area (Å²) in [7, 11) is 1.64. The minimum Gasteiger partial charge on any atom is -0.497 e. The summed E-state index contributed by atoms with van der Waals surface area (Å²) in [5.41, 5.74) is 2.62. The summed E-state index contributed by atoms with van der Waals surface area (Å²) in [4.78, 5) is 27.0. The zero-order chi connectivity index (χ0) is 26.4. The number of esters is 1. The van der Waals surface area contributed by atoms with Crippen molar-refractivity contribution in [1.82, 2.24) is 14.8 Å². The van der Waals surface area contributed by atoms with Crippen molar-refractivity contribution in [3.8, 4) is 5.75 Å². The van der Waals surface area contributed by atoms with Crippen molar-refractivity contribution in [3.63, 3.8) is 0 Å². The van der Waals surface area contributed by atoms with Gasteiger partial charge in [0.2, 0.25) is 5.91 Å². The number of aryl methyl sites for hydroxylation is 1. The summed E-state index contributed by atoms with van der Waals surface area (Å²) in [5.74, 6) is 1.15. The molecular formula is C27H32N4O4S2. The monoisotopic (exact) mass is 540 g/mol. The predicted molar refractivity (Wildman–Crippen MR) is 147 cm³/mol. The van der Waals surface area contributed by atoms with Gasteiger partial charge in [-0.05, 0) is 62.8 Å². The third-order valence-corrected chi connectivity index (χ3v) is 8.10. The zero-order valence-corrected chi connectivity index (χ0v) is 23.0. The van der Waals surface area contributed by atoms with E-state index in [1.54, 1.807) is 13.2 Å². The maximum Gasteiger partial charge on any atom is 0.341 e. The van der Waals surface area contributed by atoms with E-state index in [-0.39, 0.29) is 23.7 Å². The average Bonchev–Trinajstić information content (AvgIpc) is 3.43. The Hall–Kier alpha value is -3.11. The number of carbonyl (C=O) groups is 2. The summed E-state index contributed by atoms with van der Waals surface area (Å²) in [6.07, 6.45) is 6.04. The van der Waals surface area contributed by atoms with Gasteiger partial charge in [-0.15, -0.1) is 28.1 Å². The smallest absolute Gasteiger partial charge is 0.341 e. The second-order valence-electron chi connectivity index (χ2n) is 9.03. The highest BCUT2D eigenvalue weighted by molar-refractivity contribution is 7.99. The normalized spacial score (nSPS) is 12.8. The number of methoxy groups -OCH3 is 1. The minimum atomic E-state index is -0.369. The Morgan fingerprint density at radius 3 is 2.68 bits per heavy atom. The van der Waals surface area contributed by atoms with Gasteiger partial charge in [0.15, 0.2) is 5.16 Å². The fourth-order valence-electron chi connectivity index (χ4n) is 4.23. The SMILES string of the molecule is C=CCn1c(Cc2ccc(OC)cc2)nnc1SCC(=O)Nc1sc2c(c1C(=O)OC(C)C)CCCC2. The van der Waals surface area contributed by atoms with Gasteiger partial charge in [0.05, 0.1) is 24.5 Å². The highest BCUT2D eigenvalue weighted by Gasteiger charge is 2.28. The van der Waals surface area contributed by atoms with Gasteiger partial charge in [-0.1, -0.05) is 30.0 Å². The molecule has 1 aliphatic carbocycles. The van der Waals surface area contributed by atoms with Crippen LogP contribution in [0.5, 0.6) is 5.75 Å². The van der Waals surface area contributed by atoms with E-state index in [0.717, 1.165) is 48.4 Å². The number of hydrogen-bond donors (Lipinski definition) is 1. The van der Waals surface area contributed by atoms with Crippen molar-refractivity contribution >= 4 is 40.0 Å². The molecular weight excluding hydrogens is 508 g/mol. The van der Waals surface area contributed by atoms with Crippen LogP contribution >= 0.6 is 23.1 Å². The third kappa shape index (κ3) is 6.61. The predicted octanol–water partition coefficient (Wildman–Crippen LogP) is 5.30. The summed E-state index contributed by atoms with van der Waals surface area (Å²) in [6.45, 7) is 8.04. The number of ether oxygens (including phenoxy) is 2. The maximum absolute atomic E-state index is 13.0. The van der Waals surface area contributed by atoms with E-state index in [4.69, 9.17) is 9.47 Å². The maximum atomic E-state index is 13.0. The molecule has 1 aromatic carbocycles. The second-order valence-corrected chi connectivity index (χ2v) is 11.1. The summed E-state index contributed by atoms with van der Waals surface area (Å²) in [6, 6.07) is 7.82. The largest absolute Gasteiger partial charge is 0.497 e. The quantitative estimate of drug-likeness (QED) is 0.200. The lowest BCUT2D eigenvalue weighted by atomic mass is 9.95. The van der Waals surface area contributed by atoms with Crippen molar-refractivity contribution < 1.29 is 19.1 Å². The molecule has 2 heterocycles. The Morgan fingerprint density at radius 1 is 1.22 bits per heavy atom. The van der Waals surface area contributed by atoms with Crippen molar-refractivity contribution in [3.05, 3.63) is 64.3 Å². The van der Waals surface area contributed by atoms with Gasteiger partial charge in [-0.3, -0.25) is 4.79 Å². The van der Waals surface area contributed by atoms with Crippen LogP contribution in [0.3, 0.4) is 0 Å². The van der Waals surface area contributed by atoms with Crippen molar-refractivity contribution in [2.45, 2.75) is 63.8 Å². The molecule has 0 unspecified atom stereocenters. The molecule has 4 rings (SSSR count). The van der Waals surface area contributed by atoms with Crippen molar-refractivity contribution in [1.29, 1.82) is 0 Å². The number of thiophene rings is 1. The van der Waals surface area contributed by atoms with E-state index in [2.05, 4.69) is 22.1 Å². The van der Waals surface area contributed by atoms with E-state index >= 15 is 0 Å². The highest BCUT2D eigenvalue weighted by atomic mass is 32.2. The zero-order valence-electron chi connectivity index (χ0n) is 21.4.